The van der Waals surface area contributed by atoms with E-state index in [0.29, 0.717) is 19.7 Å². The molecule has 0 radical (unpaired) electrons. The van der Waals surface area contributed by atoms with Crippen LogP contribution in [0.5, 0.6) is 5.75 Å². The Hall–Kier alpha value is -1.44. The SMILES string of the molecule is COc1ccc(CCNC(=O)NCC2(OCCO)CCSCC2)cc1. The van der Waals surface area contributed by atoms with Crippen molar-refractivity contribution in [2.45, 2.75) is 24.9 Å². The molecule has 1 saturated heterocycles. The van der Waals surface area contributed by atoms with Gasteiger partial charge >= 0.3 is 6.03 Å². The maximum Gasteiger partial charge on any atom is 0.314 e. The first-order valence-electron chi connectivity index (χ1n) is 8.65. The van der Waals surface area contributed by atoms with Gasteiger partial charge in [0.1, 0.15) is 5.75 Å². The van der Waals surface area contributed by atoms with E-state index in [9.17, 15) is 4.79 Å². The predicted octanol–water partition coefficient (Wildman–Crippen LogP) is 1.81. The van der Waals surface area contributed by atoms with E-state index in [1.54, 1.807) is 7.11 Å². The molecule has 6 nitrogen and oxygen atoms in total. The fraction of sp³-hybridized carbons (Fsp3) is 0.611. The van der Waals surface area contributed by atoms with Crippen LogP contribution in [0.2, 0.25) is 0 Å². The quantitative estimate of drug-likeness (QED) is 0.619. The monoisotopic (exact) mass is 368 g/mol. The van der Waals surface area contributed by atoms with E-state index in [2.05, 4.69) is 10.6 Å². The molecule has 1 heterocycles. The average Bonchev–Trinajstić information content (AvgIpc) is 2.66. The third-order valence-electron chi connectivity index (χ3n) is 4.33. The minimum atomic E-state index is -0.346. The molecule has 3 N–H and O–H groups in total. The highest BCUT2D eigenvalue weighted by Gasteiger charge is 2.33. The molecule has 2 amide bonds. The number of methoxy groups -OCH3 is 1. The summed E-state index contributed by atoms with van der Waals surface area (Å²) in [7, 11) is 1.64. The van der Waals surface area contributed by atoms with Crippen LogP contribution in [0.4, 0.5) is 4.79 Å². The topological polar surface area (TPSA) is 79.8 Å². The molecule has 0 saturated carbocycles. The summed E-state index contributed by atoms with van der Waals surface area (Å²) < 4.78 is 11.0. The largest absolute Gasteiger partial charge is 0.497 e. The Labute approximate surface area is 153 Å². The second kappa shape index (κ2) is 10.5. The Balaban J connectivity index is 1.71. The number of ether oxygens (including phenoxy) is 2. The number of benzene rings is 1. The number of urea groups is 1. The Morgan fingerprint density at radius 1 is 1.24 bits per heavy atom. The lowest BCUT2D eigenvalue weighted by Gasteiger charge is -2.37. The number of nitrogens with one attached hydrogen (secondary N) is 2. The van der Waals surface area contributed by atoms with Crippen molar-refractivity contribution in [1.29, 1.82) is 0 Å². The van der Waals surface area contributed by atoms with E-state index in [1.807, 2.05) is 36.0 Å². The number of carbonyl (C=O) groups is 1. The van der Waals surface area contributed by atoms with Gasteiger partial charge in [-0.3, -0.25) is 0 Å². The molecule has 140 valence electrons. The maximum absolute atomic E-state index is 12.0. The molecular formula is C18H28N2O4S. The van der Waals surface area contributed by atoms with E-state index >= 15 is 0 Å². The zero-order chi connectivity index (χ0) is 18.0. The number of hydrogen-bond acceptors (Lipinski definition) is 5. The Morgan fingerprint density at radius 3 is 2.60 bits per heavy atom. The van der Waals surface area contributed by atoms with Crippen molar-refractivity contribution in [1.82, 2.24) is 10.6 Å². The zero-order valence-corrected chi connectivity index (χ0v) is 15.6. The lowest BCUT2D eigenvalue weighted by molar-refractivity contribution is -0.0603. The molecule has 1 fully saturated rings. The summed E-state index contributed by atoms with van der Waals surface area (Å²) >= 11 is 1.90. The highest BCUT2D eigenvalue weighted by Crippen LogP contribution is 2.29. The molecule has 1 aromatic rings. The summed E-state index contributed by atoms with van der Waals surface area (Å²) in [5, 5.41) is 14.8. The molecule has 0 aromatic heterocycles. The molecule has 0 atom stereocenters. The van der Waals surface area contributed by atoms with Crippen LogP contribution in [0.15, 0.2) is 24.3 Å². The van der Waals surface area contributed by atoms with Gasteiger partial charge in [-0.2, -0.15) is 11.8 Å². The van der Waals surface area contributed by atoms with Crippen LogP contribution in [0.3, 0.4) is 0 Å². The van der Waals surface area contributed by atoms with Gasteiger partial charge in [0.25, 0.3) is 0 Å². The summed E-state index contributed by atoms with van der Waals surface area (Å²) in [5.74, 6) is 2.87. The van der Waals surface area contributed by atoms with Gasteiger partial charge in [-0.15, -0.1) is 0 Å². The predicted molar refractivity (Wildman–Crippen MR) is 100 cm³/mol. The first-order chi connectivity index (χ1) is 12.2. The molecule has 1 aliphatic rings. The van der Waals surface area contributed by atoms with Gasteiger partial charge in [0, 0.05) is 13.1 Å². The van der Waals surface area contributed by atoms with Gasteiger partial charge in [-0.1, -0.05) is 12.1 Å². The van der Waals surface area contributed by atoms with Crippen molar-refractivity contribution >= 4 is 17.8 Å². The summed E-state index contributed by atoms with van der Waals surface area (Å²) in [6.07, 6.45) is 2.55. The average molecular weight is 368 g/mol. The van der Waals surface area contributed by atoms with Crippen LogP contribution in [0.25, 0.3) is 0 Å². The number of hydrogen-bond donors (Lipinski definition) is 3. The van der Waals surface area contributed by atoms with E-state index in [-0.39, 0.29) is 18.2 Å². The van der Waals surface area contributed by atoms with Crippen molar-refractivity contribution in [2.24, 2.45) is 0 Å². The fourth-order valence-electron chi connectivity index (χ4n) is 2.79. The molecule has 0 unspecified atom stereocenters. The molecular weight excluding hydrogens is 340 g/mol. The van der Waals surface area contributed by atoms with E-state index < -0.39 is 0 Å². The van der Waals surface area contributed by atoms with Crippen molar-refractivity contribution in [3.63, 3.8) is 0 Å². The van der Waals surface area contributed by atoms with E-state index in [4.69, 9.17) is 14.6 Å². The Bertz CT molecular complexity index is 518. The van der Waals surface area contributed by atoms with E-state index in [0.717, 1.165) is 42.1 Å². The summed E-state index contributed by atoms with van der Waals surface area (Å²) in [4.78, 5) is 12.0. The van der Waals surface area contributed by atoms with Crippen LogP contribution < -0.4 is 15.4 Å². The van der Waals surface area contributed by atoms with Gasteiger partial charge < -0.3 is 25.2 Å². The molecule has 25 heavy (non-hydrogen) atoms. The fourth-order valence-corrected chi connectivity index (χ4v) is 4.03. The summed E-state index contributed by atoms with van der Waals surface area (Å²) in [6.45, 7) is 1.36. The molecule has 1 aliphatic heterocycles. The molecule has 0 aliphatic carbocycles. The lowest BCUT2D eigenvalue weighted by atomic mass is 9.96. The number of thioether (sulfide) groups is 1. The van der Waals surface area contributed by atoms with Crippen molar-refractivity contribution in [2.75, 3.05) is 44.9 Å². The number of rotatable bonds is 9. The standard InChI is InChI=1S/C18H28N2O4S/c1-23-16-4-2-15(3-5-16)6-9-19-17(22)20-14-18(24-11-10-21)7-12-25-13-8-18/h2-5,21H,6-14H2,1H3,(H2,19,20,22). The van der Waals surface area contributed by atoms with Crippen LogP contribution in [0.1, 0.15) is 18.4 Å². The number of carbonyl (C=O) groups excluding carboxylic acids is 1. The zero-order valence-electron chi connectivity index (χ0n) is 14.8. The van der Waals surface area contributed by atoms with Crippen molar-refractivity contribution < 1.29 is 19.4 Å². The Morgan fingerprint density at radius 2 is 1.96 bits per heavy atom. The highest BCUT2D eigenvalue weighted by atomic mass is 32.2. The number of aliphatic hydroxyl groups is 1. The molecule has 7 heteroatoms. The van der Waals surface area contributed by atoms with Gasteiger partial charge in [0.05, 0.1) is 25.9 Å². The van der Waals surface area contributed by atoms with Crippen LogP contribution >= 0.6 is 11.8 Å². The Kier molecular flexibility index (Phi) is 8.37. The van der Waals surface area contributed by atoms with Gasteiger partial charge in [0.15, 0.2) is 0 Å². The smallest absolute Gasteiger partial charge is 0.314 e. The lowest BCUT2D eigenvalue weighted by Crippen LogP contribution is -2.50. The van der Waals surface area contributed by atoms with Crippen LogP contribution in [0, 0.1) is 0 Å². The molecule has 0 bridgehead atoms. The number of amides is 2. The highest BCUT2D eigenvalue weighted by molar-refractivity contribution is 7.99. The minimum Gasteiger partial charge on any atom is -0.497 e. The van der Waals surface area contributed by atoms with Gasteiger partial charge in [-0.05, 0) is 48.5 Å². The molecule has 2 rings (SSSR count). The van der Waals surface area contributed by atoms with E-state index in [1.165, 1.54) is 0 Å². The summed E-state index contributed by atoms with van der Waals surface area (Å²) in [6, 6.07) is 7.64. The maximum atomic E-state index is 12.0. The first kappa shape index (κ1) is 19.9. The number of aliphatic hydroxyl groups excluding tert-OH is 1. The van der Waals surface area contributed by atoms with Gasteiger partial charge in [-0.25, -0.2) is 4.79 Å². The minimum absolute atomic E-state index is 0.00293. The second-order valence-electron chi connectivity index (χ2n) is 6.07. The molecule has 1 aromatic carbocycles. The van der Waals surface area contributed by atoms with Crippen molar-refractivity contribution in [3.05, 3.63) is 29.8 Å². The second-order valence-corrected chi connectivity index (χ2v) is 7.30. The molecule has 0 spiro atoms. The third-order valence-corrected chi connectivity index (χ3v) is 5.32. The first-order valence-corrected chi connectivity index (χ1v) is 9.80. The van der Waals surface area contributed by atoms with Gasteiger partial charge in [0.2, 0.25) is 0 Å². The van der Waals surface area contributed by atoms with Crippen LogP contribution in [-0.2, 0) is 11.2 Å². The normalized spacial score (nSPS) is 16.2. The summed E-state index contributed by atoms with van der Waals surface area (Å²) in [5.41, 5.74) is 0.801. The van der Waals surface area contributed by atoms with Crippen LogP contribution in [-0.4, -0.2) is 61.7 Å². The van der Waals surface area contributed by atoms with Crippen molar-refractivity contribution in [3.8, 4) is 5.75 Å². The third kappa shape index (κ3) is 6.76.